The van der Waals surface area contributed by atoms with Crippen molar-refractivity contribution in [2.45, 2.75) is 253 Å². The van der Waals surface area contributed by atoms with E-state index in [2.05, 4.69) is 79.4 Å². The lowest BCUT2D eigenvalue weighted by Gasteiger charge is -2.32. The Labute approximate surface area is 855 Å². The number of benzene rings is 4. The van der Waals surface area contributed by atoms with E-state index in [9.17, 15) is 66.2 Å². The van der Waals surface area contributed by atoms with Crippen molar-refractivity contribution in [3.63, 3.8) is 0 Å². The Kier molecular flexibility index (Phi) is 48.3. The van der Waals surface area contributed by atoms with Gasteiger partial charge in [-0.25, -0.2) is 0 Å². The summed E-state index contributed by atoms with van der Waals surface area (Å²) in [6.07, 6.45) is -3.54. The Morgan fingerprint density at radius 1 is 0.517 bits per heavy atom. The van der Waals surface area contributed by atoms with Crippen molar-refractivity contribution < 1.29 is 109 Å². The summed E-state index contributed by atoms with van der Waals surface area (Å²) in [5.74, 6) is -21.8. The zero-order chi connectivity index (χ0) is 108. The second kappa shape index (κ2) is 59.9. The van der Waals surface area contributed by atoms with E-state index in [-0.39, 0.29) is 127 Å². The van der Waals surface area contributed by atoms with Gasteiger partial charge in [0.25, 0.3) is 0 Å². The SMILES string of the molecule is CC(C)C[C@H]1NC(=O)[C@H](C)N(C)C(=O)[C@H](CCC(N)=O)NC(=O)[C@H](Cc2ccc(-c3ccccc3)cc2)NC(=O)[C@H](CCc2ccccc2)NC(=O)[C@H](Cc2cccc(C(F)(F)F)c2)NC(=O)[C@H](CC(=O)O)NC(=O)[C@H](Cc2cccnc2)NC(=O)[C@H](CN2CCOCC2)NC(=O)CSC[C@@H](C(=O)N[C@@H](CCN)C(N)=O)NC(=O)[C@H](CCCN)NC(=O)[C@H](C(C)C)NC(=O)[C@H](CC2CCCCC2)NC(=O)[C@H](CCN)NC1=O. The van der Waals surface area contributed by atoms with Gasteiger partial charge in [0.15, 0.2) is 0 Å². The number of likely N-dealkylation sites (N-methyl/N-ethyl adjacent to an activating group) is 1. The van der Waals surface area contributed by atoms with Crippen molar-refractivity contribution in [2.75, 3.05) is 71.0 Å². The molecule has 1 aromatic heterocycles. The molecule has 3 fully saturated rings. The van der Waals surface area contributed by atoms with Gasteiger partial charge in [-0.3, -0.25) is 96.2 Å². The number of nitrogens with one attached hydrogen (secondary N) is 14. The summed E-state index contributed by atoms with van der Waals surface area (Å²) in [7, 11) is 1.19. The van der Waals surface area contributed by atoms with Crippen LogP contribution in [0.1, 0.15) is 159 Å². The molecule has 0 radical (unpaired) electrons. The number of rotatable bonds is 32. The number of carbonyl (C=O) groups excluding carboxylic acids is 17. The van der Waals surface area contributed by atoms with E-state index in [1.54, 1.807) is 87.2 Å². The highest BCUT2D eigenvalue weighted by Crippen LogP contribution is 2.32. The van der Waals surface area contributed by atoms with Crippen LogP contribution in [0.5, 0.6) is 0 Å². The Hall–Kier alpha value is -13.6. The number of aromatic nitrogens is 1. The van der Waals surface area contributed by atoms with Gasteiger partial charge in [-0.2, -0.15) is 13.2 Å². The summed E-state index contributed by atoms with van der Waals surface area (Å²) in [5.41, 5.74) is 30.6. The third-order valence-electron chi connectivity index (χ3n) is 25.5. The fourth-order valence-electron chi connectivity index (χ4n) is 17.1. The standard InChI is InChI=1S/C101H141F3N22O20S/c1-58(2)47-74-91(136)114-72(38-41-107)90(135)119-76(49-62-21-12-8-13-22-62)96(141)124-85(59(3)4)99(144)115-70(28-17-39-105)88(133)123-81(98(143)112-69(37-40-106)86(109)131)56-147-57-83(128)111-80(55-126-43-45-146-46-44-126)97(142)121-78(52-65-24-18-42-110-54-65)94(139)122-79(53-84(129)130)95(140)120-77(51-64-23-16-27-68(48-64)101(102,103)104)92(137)113-71(34-31-61-19-10-7-11-20-61)89(134)118-75(50-63-29-32-67(33-30-63)66-25-14-9-15-26-66)93(138)116-73(35-36-82(108)127)100(145)125(6)60(5)87(132)117-74/h7,9-11,14-16,18-20,23-27,29-30,32-33,42,48,54,58-60,62,69-81,85H,8,12-13,17,21-22,28,31,34-41,43-47,49-53,55-57,105-107H2,1-6H3,(H2,108,127)(H2,109,131)(H,111,128)(H,112,143)(H,113,137)(H,114,136)(H,115,144)(H,116,138)(H,117,132)(H,118,134)(H,119,135)(H,120,140)(H,121,142)(H,122,139)(H,123,133)(H,124,141)(H,129,130)/t60-,69-,70-,71-,72-,73-,74+,75-,76-,77-,78-,79-,80-,81-,85-/m0/s1. The van der Waals surface area contributed by atoms with E-state index in [4.69, 9.17) is 33.4 Å². The number of carboxylic acid groups (broad SMARTS) is 1. The average Bonchev–Trinajstić information content (AvgIpc) is 0.824. The van der Waals surface area contributed by atoms with Crippen LogP contribution in [-0.4, -0.2) is 288 Å². The largest absolute Gasteiger partial charge is 0.481 e. The number of hydrogen-bond donors (Lipinski definition) is 20. The summed E-state index contributed by atoms with van der Waals surface area (Å²) in [4.78, 5) is 272. The Morgan fingerprint density at radius 3 is 1.60 bits per heavy atom. The molecule has 2 saturated heterocycles. The number of aryl methyl sites for hydroxylation is 1. The molecule has 2 aliphatic heterocycles. The normalized spacial score (nSPS) is 23.9. The third-order valence-corrected chi connectivity index (χ3v) is 26.5. The number of primary amides is 2. The second-order valence-electron chi connectivity index (χ2n) is 37.9. The third kappa shape index (κ3) is 39.6. The van der Waals surface area contributed by atoms with Gasteiger partial charge in [0.2, 0.25) is 100 Å². The van der Waals surface area contributed by atoms with Crippen LogP contribution in [0.2, 0.25) is 0 Å². The molecular weight excluding hydrogens is 1930 g/mol. The summed E-state index contributed by atoms with van der Waals surface area (Å²) >= 11 is 0.735. The number of carbonyl (C=O) groups is 18. The minimum absolute atomic E-state index is 0.0303. The number of hydrogen-bond acceptors (Lipinski definition) is 25. The molecule has 1 saturated carbocycles. The first-order valence-corrected chi connectivity index (χ1v) is 50.7. The van der Waals surface area contributed by atoms with Crippen molar-refractivity contribution in [3.8, 4) is 11.1 Å². The Morgan fingerprint density at radius 2 is 1.03 bits per heavy atom. The molecule has 1 aliphatic carbocycles. The molecule has 802 valence electrons. The van der Waals surface area contributed by atoms with E-state index in [0.717, 1.165) is 59.2 Å². The Bertz CT molecular complexity index is 5270. The first-order valence-electron chi connectivity index (χ1n) is 49.5. The van der Waals surface area contributed by atoms with Gasteiger partial charge in [-0.1, -0.05) is 169 Å². The highest BCUT2D eigenvalue weighted by atomic mass is 32.2. The quantitative estimate of drug-likeness (QED) is 0.0257. The monoisotopic (exact) mass is 2070 g/mol. The van der Waals surface area contributed by atoms with Crippen molar-refractivity contribution in [1.82, 2.24) is 89.2 Å². The van der Waals surface area contributed by atoms with Crippen LogP contribution in [-0.2, 0) is 123 Å². The highest BCUT2D eigenvalue weighted by Gasteiger charge is 2.43. The van der Waals surface area contributed by atoms with Gasteiger partial charge in [0, 0.05) is 70.5 Å². The van der Waals surface area contributed by atoms with Gasteiger partial charge in [0.05, 0.1) is 31.0 Å². The molecule has 147 heavy (non-hydrogen) atoms. The first-order chi connectivity index (χ1) is 70.0. The number of alkyl halides is 3. The van der Waals surface area contributed by atoms with E-state index in [0.29, 0.717) is 30.0 Å². The highest BCUT2D eigenvalue weighted by molar-refractivity contribution is 8.00. The molecule has 0 spiro atoms. The number of ether oxygens (including phenoxy) is 1. The van der Waals surface area contributed by atoms with Crippen LogP contribution in [0.4, 0.5) is 13.2 Å². The molecule has 15 atom stereocenters. The first kappa shape index (κ1) is 119. The zero-order valence-corrected chi connectivity index (χ0v) is 84.4. The van der Waals surface area contributed by atoms with E-state index >= 15 is 38.4 Å². The van der Waals surface area contributed by atoms with Crippen LogP contribution < -0.4 is 103 Å². The molecule has 3 aliphatic rings. The molecule has 4 aromatic carbocycles. The zero-order valence-electron chi connectivity index (χ0n) is 83.6. The van der Waals surface area contributed by atoms with Gasteiger partial charge in [-0.15, -0.1) is 11.8 Å². The van der Waals surface area contributed by atoms with Crippen LogP contribution >= 0.6 is 11.8 Å². The molecule has 3 heterocycles. The predicted octanol–water partition coefficient (Wildman–Crippen LogP) is -0.524. The van der Waals surface area contributed by atoms with Crippen molar-refractivity contribution in [1.29, 1.82) is 0 Å². The number of nitrogens with zero attached hydrogens (tertiary/aromatic N) is 3. The fraction of sp³-hybridized carbons (Fsp3) is 0.535. The summed E-state index contributed by atoms with van der Waals surface area (Å²) in [5, 5.41) is 47.3. The predicted molar refractivity (Wildman–Crippen MR) is 538 cm³/mol. The number of halogens is 3. The van der Waals surface area contributed by atoms with E-state index < -0.39 is 265 Å². The van der Waals surface area contributed by atoms with Gasteiger partial charge in [-0.05, 0) is 148 Å². The summed E-state index contributed by atoms with van der Waals surface area (Å²) in [6.45, 7) is 8.02. The average molecular weight is 2070 g/mol. The molecule has 17 amide bonds. The lowest BCUT2D eigenvalue weighted by Crippen LogP contribution is -2.62. The number of thioether (sulfide) groups is 1. The fourth-order valence-corrected chi connectivity index (χ4v) is 18.0. The Balaban J connectivity index is 1.24. The van der Waals surface area contributed by atoms with Crippen LogP contribution in [0.3, 0.4) is 0 Å². The molecule has 42 nitrogen and oxygen atoms in total. The maximum Gasteiger partial charge on any atom is 0.416 e. The molecule has 25 N–H and O–H groups in total. The van der Waals surface area contributed by atoms with Crippen LogP contribution in [0.15, 0.2) is 134 Å². The molecule has 0 unspecified atom stereocenters. The van der Waals surface area contributed by atoms with Gasteiger partial charge >= 0.3 is 12.1 Å². The van der Waals surface area contributed by atoms with Crippen molar-refractivity contribution in [3.05, 3.63) is 162 Å². The molecular formula is C101H141F3N22O20S. The topological polar surface area (TPSA) is 655 Å². The number of amides is 17. The minimum Gasteiger partial charge on any atom is -0.481 e. The molecule has 8 rings (SSSR count). The molecule has 5 aromatic rings. The lowest BCUT2D eigenvalue weighted by atomic mass is 9.84. The summed E-state index contributed by atoms with van der Waals surface area (Å²) in [6, 6.07) is 5.80. The maximum absolute atomic E-state index is 15.7. The van der Waals surface area contributed by atoms with Gasteiger partial charge < -0.3 is 118 Å². The lowest BCUT2D eigenvalue weighted by molar-refractivity contribution is -0.143. The second-order valence-corrected chi connectivity index (χ2v) is 38.9. The van der Waals surface area contributed by atoms with Crippen LogP contribution in [0, 0.1) is 17.8 Å². The van der Waals surface area contributed by atoms with Crippen LogP contribution in [0.25, 0.3) is 11.1 Å². The summed E-state index contributed by atoms with van der Waals surface area (Å²) < 4.78 is 49.6. The maximum atomic E-state index is 15.7. The molecule has 0 bridgehead atoms. The minimum atomic E-state index is -4.99. The molecule has 46 heteroatoms. The van der Waals surface area contributed by atoms with Crippen molar-refractivity contribution in [2.24, 2.45) is 46.4 Å². The van der Waals surface area contributed by atoms with E-state index in [1.165, 1.54) is 44.6 Å². The number of morpholine rings is 1. The van der Waals surface area contributed by atoms with E-state index in [1.807, 2.05) is 30.3 Å². The van der Waals surface area contributed by atoms with Gasteiger partial charge in [0.1, 0.15) is 90.6 Å². The number of aliphatic carboxylic acids is 1. The smallest absolute Gasteiger partial charge is 0.416 e. The number of pyridine rings is 1. The number of carboxylic acids is 1. The number of nitrogens with two attached hydrogens (primary N) is 5. The van der Waals surface area contributed by atoms with Crippen molar-refractivity contribution >= 4 is 118 Å².